The molecule has 2 rings (SSSR count). The molecule has 1 aliphatic carbocycles. The van der Waals surface area contributed by atoms with Crippen molar-refractivity contribution < 1.29 is 10.2 Å². The number of benzene rings is 1. The van der Waals surface area contributed by atoms with Crippen LogP contribution in [0.4, 0.5) is 0 Å². The summed E-state index contributed by atoms with van der Waals surface area (Å²) < 4.78 is 0. The molecule has 0 radical (unpaired) electrons. The van der Waals surface area contributed by atoms with Gasteiger partial charge in [0.15, 0.2) is 0 Å². The van der Waals surface area contributed by atoms with Gasteiger partial charge < -0.3 is 15.9 Å². The van der Waals surface area contributed by atoms with E-state index in [1.165, 1.54) is 0 Å². The Morgan fingerprint density at radius 1 is 1.43 bits per heavy atom. The van der Waals surface area contributed by atoms with Gasteiger partial charge in [0, 0.05) is 11.6 Å². The first-order valence-corrected chi connectivity index (χ1v) is 4.93. The van der Waals surface area contributed by atoms with Crippen molar-refractivity contribution in [1.29, 1.82) is 0 Å². The first-order valence-electron chi connectivity index (χ1n) is 4.93. The lowest BCUT2D eigenvalue weighted by Crippen LogP contribution is -2.17. The molecule has 14 heavy (non-hydrogen) atoms. The lowest BCUT2D eigenvalue weighted by molar-refractivity contribution is 0.275. The lowest BCUT2D eigenvalue weighted by atomic mass is 9.87. The molecule has 3 nitrogen and oxygen atoms in total. The fraction of sp³-hybridized carbons (Fsp3) is 0.455. The minimum absolute atomic E-state index is 0.0599. The Labute approximate surface area is 83.2 Å². The average molecular weight is 193 g/mol. The molecular formula is C11H15NO2. The molecule has 0 aromatic heterocycles. The van der Waals surface area contributed by atoms with E-state index in [1.54, 1.807) is 6.07 Å². The maximum Gasteiger partial charge on any atom is 0.121 e. The Morgan fingerprint density at radius 3 is 2.93 bits per heavy atom. The molecule has 1 aromatic rings. The van der Waals surface area contributed by atoms with Crippen LogP contribution in [-0.4, -0.2) is 10.2 Å². The van der Waals surface area contributed by atoms with Gasteiger partial charge >= 0.3 is 0 Å². The minimum Gasteiger partial charge on any atom is -0.508 e. The smallest absolute Gasteiger partial charge is 0.121 e. The highest BCUT2D eigenvalue weighted by Gasteiger charge is 2.18. The Hall–Kier alpha value is -1.06. The normalized spacial score (nSPS) is 20.6. The van der Waals surface area contributed by atoms with Crippen LogP contribution in [0.25, 0.3) is 0 Å². The van der Waals surface area contributed by atoms with E-state index in [0.717, 1.165) is 30.4 Å². The van der Waals surface area contributed by atoms with Crippen molar-refractivity contribution >= 4 is 0 Å². The number of phenols is 1. The summed E-state index contributed by atoms with van der Waals surface area (Å²) in [6.07, 6.45) is 3.04. The monoisotopic (exact) mass is 193 g/mol. The average Bonchev–Trinajstić information content (AvgIpc) is 2.17. The molecule has 0 bridgehead atoms. The van der Waals surface area contributed by atoms with Crippen LogP contribution in [0.3, 0.4) is 0 Å². The third-order valence-electron chi connectivity index (χ3n) is 2.87. The number of hydrogen-bond acceptors (Lipinski definition) is 3. The van der Waals surface area contributed by atoms with Crippen molar-refractivity contribution in [3.05, 3.63) is 28.8 Å². The van der Waals surface area contributed by atoms with E-state index in [0.29, 0.717) is 5.56 Å². The highest BCUT2D eigenvalue weighted by atomic mass is 16.3. The van der Waals surface area contributed by atoms with Gasteiger partial charge in [0.25, 0.3) is 0 Å². The summed E-state index contributed by atoms with van der Waals surface area (Å²) >= 11 is 0. The predicted octanol–water partition coefficient (Wildman–Crippen LogP) is 1.22. The fourth-order valence-corrected chi connectivity index (χ4v) is 2.05. The number of aromatic hydroxyl groups is 1. The largest absolute Gasteiger partial charge is 0.508 e. The van der Waals surface area contributed by atoms with Crippen molar-refractivity contribution in [2.75, 3.05) is 0 Å². The van der Waals surface area contributed by atoms with E-state index in [9.17, 15) is 5.11 Å². The first-order chi connectivity index (χ1) is 6.72. The molecule has 1 atom stereocenters. The highest BCUT2D eigenvalue weighted by Crippen LogP contribution is 2.32. The third-order valence-corrected chi connectivity index (χ3v) is 2.87. The van der Waals surface area contributed by atoms with Crippen molar-refractivity contribution in [3.8, 4) is 5.75 Å². The van der Waals surface area contributed by atoms with Crippen molar-refractivity contribution in [2.24, 2.45) is 5.73 Å². The zero-order valence-corrected chi connectivity index (χ0v) is 8.03. The van der Waals surface area contributed by atoms with E-state index in [-0.39, 0.29) is 18.4 Å². The number of aliphatic hydroxyl groups excluding tert-OH is 1. The Morgan fingerprint density at radius 2 is 2.21 bits per heavy atom. The molecule has 0 spiro atoms. The van der Waals surface area contributed by atoms with Crippen LogP contribution in [0.15, 0.2) is 12.1 Å². The van der Waals surface area contributed by atoms with Gasteiger partial charge in [0.05, 0.1) is 6.61 Å². The maximum absolute atomic E-state index is 9.55. The summed E-state index contributed by atoms with van der Waals surface area (Å²) in [5.74, 6) is 0.181. The van der Waals surface area contributed by atoms with Crippen LogP contribution < -0.4 is 5.73 Å². The summed E-state index contributed by atoms with van der Waals surface area (Å²) in [5.41, 5.74) is 8.73. The summed E-state index contributed by atoms with van der Waals surface area (Å²) in [7, 11) is 0. The summed E-state index contributed by atoms with van der Waals surface area (Å²) in [4.78, 5) is 0. The number of fused-ring (bicyclic) bond motifs is 1. The number of aliphatic hydroxyl groups is 1. The molecule has 1 aromatic carbocycles. The molecule has 0 aliphatic heterocycles. The third kappa shape index (κ3) is 1.49. The molecular weight excluding hydrogens is 178 g/mol. The quantitative estimate of drug-likeness (QED) is 0.628. The van der Waals surface area contributed by atoms with E-state index < -0.39 is 0 Å². The second kappa shape index (κ2) is 3.59. The van der Waals surface area contributed by atoms with Gasteiger partial charge in [-0.05, 0) is 42.5 Å². The number of nitrogens with two attached hydrogens (primary N) is 1. The Bertz CT molecular complexity index is 349. The SMILES string of the molecule is N[C@@H]1CCCc2cc(O)c(CO)cc21. The van der Waals surface area contributed by atoms with Gasteiger partial charge in [-0.3, -0.25) is 0 Å². The van der Waals surface area contributed by atoms with Crippen molar-refractivity contribution in [2.45, 2.75) is 31.9 Å². The van der Waals surface area contributed by atoms with Crippen LogP contribution in [0.2, 0.25) is 0 Å². The first kappa shape index (κ1) is 9.49. The van der Waals surface area contributed by atoms with Crippen molar-refractivity contribution in [3.63, 3.8) is 0 Å². The van der Waals surface area contributed by atoms with Gasteiger partial charge in [0.2, 0.25) is 0 Å². The number of hydrogen-bond donors (Lipinski definition) is 3. The summed E-state index contributed by atoms with van der Waals surface area (Å²) in [6, 6.07) is 3.62. The van der Waals surface area contributed by atoms with Crippen LogP contribution in [-0.2, 0) is 13.0 Å². The molecule has 0 heterocycles. The molecule has 0 saturated carbocycles. The second-order valence-corrected chi connectivity index (χ2v) is 3.84. The molecule has 3 heteroatoms. The number of aryl methyl sites for hydroxylation is 1. The van der Waals surface area contributed by atoms with E-state index >= 15 is 0 Å². The second-order valence-electron chi connectivity index (χ2n) is 3.84. The van der Waals surface area contributed by atoms with Crippen LogP contribution in [0.5, 0.6) is 5.75 Å². The van der Waals surface area contributed by atoms with Gasteiger partial charge in [0.1, 0.15) is 5.75 Å². The molecule has 0 amide bonds. The fourth-order valence-electron chi connectivity index (χ4n) is 2.05. The topological polar surface area (TPSA) is 66.5 Å². The molecule has 0 fully saturated rings. The molecule has 1 aliphatic rings. The van der Waals surface area contributed by atoms with E-state index in [1.807, 2.05) is 6.07 Å². The Kier molecular flexibility index (Phi) is 2.44. The zero-order chi connectivity index (χ0) is 10.1. The van der Waals surface area contributed by atoms with Crippen LogP contribution in [0.1, 0.15) is 35.6 Å². The van der Waals surface area contributed by atoms with E-state index in [2.05, 4.69) is 0 Å². The van der Waals surface area contributed by atoms with Crippen molar-refractivity contribution in [1.82, 2.24) is 0 Å². The summed E-state index contributed by atoms with van der Waals surface area (Å²) in [6.45, 7) is -0.133. The molecule has 76 valence electrons. The standard InChI is InChI=1S/C11H15NO2/c12-10-3-1-2-7-5-11(14)8(6-13)4-9(7)10/h4-5,10,13-14H,1-3,6,12H2/t10-/m1/s1. The predicted molar refractivity (Wildman–Crippen MR) is 53.9 cm³/mol. The lowest BCUT2D eigenvalue weighted by Gasteiger charge is -2.23. The van der Waals surface area contributed by atoms with Crippen LogP contribution in [0, 0.1) is 0 Å². The molecule has 0 saturated heterocycles. The highest BCUT2D eigenvalue weighted by molar-refractivity contribution is 5.44. The minimum atomic E-state index is -0.133. The van der Waals surface area contributed by atoms with Crippen LogP contribution >= 0.6 is 0 Å². The van der Waals surface area contributed by atoms with Gasteiger partial charge in [-0.1, -0.05) is 0 Å². The molecule has 4 N–H and O–H groups in total. The maximum atomic E-state index is 9.55. The summed E-state index contributed by atoms with van der Waals surface area (Å²) in [5, 5.41) is 18.6. The van der Waals surface area contributed by atoms with E-state index in [4.69, 9.17) is 10.8 Å². The van der Waals surface area contributed by atoms with Gasteiger partial charge in [-0.2, -0.15) is 0 Å². The molecule has 0 unspecified atom stereocenters. The van der Waals surface area contributed by atoms with Gasteiger partial charge in [-0.15, -0.1) is 0 Å². The Balaban J connectivity index is 2.49. The van der Waals surface area contributed by atoms with Gasteiger partial charge in [-0.25, -0.2) is 0 Å². The number of rotatable bonds is 1. The zero-order valence-electron chi connectivity index (χ0n) is 8.03.